The van der Waals surface area contributed by atoms with Crippen LogP contribution in [0.4, 0.5) is 0 Å². The minimum Gasteiger partial charge on any atom is -0.329 e. The summed E-state index contributed by atoms with van der Waals surface area (Å²) in [5.74, 6) is 0. The van der Waals surface area contributed by atoms with Crippen LogP contribution in [0, 0.1) is 16.1 Å². The second-order valence-corrected chi connectivity index (χ2v) is 4.99. The van der Waals surface area contributed by atoms with Gasteiger partial charge in [-0.05, 0) is 48.5 Å². The molecule has 3 rings (SSSR count). The molecule has 0 bridgehead atoms. The molecule has 0 unspecified atom stereocenters. The maximum atomic E-state index is 9.18. The Kier molecular flexibility index (Phi) is 3.13. The number of benzene rings is 2. The average molecular weight is 279 g/mol. The first-order valence-electron chi connectivity index (χ1n) is 6.47. The summed E-state index contributed by atoms with van der Waals surface area (Å²) >= 11 is 5.42. The van der Waals surface area contributed by atoms with Gasteiger partial charge in [0.05, 0.1) is 16.6 Å². The minimum absolute atomic E-state index is 0.607. The van der Waals surface area contributed by atoms with Gasteiger partial charge in [0.15, 0.2) is 4.77 Å². The highest BCUT2D eigenvalue weighted by atomic mass is 32.1. The molecule has 2 aromatic carbocycles. The molecule has 3 nitrogen and oxygen atoms in total. The molecule has 0 aliphatic heterocycles. The third kappa shape index (κ3) is 1.93. The van der Waals surface area contributed by atoms with Crippen LogP contribution in [0.25, 0.3) is 16.7 Å². The number of hydrogen-bond donors (Lipinski definition) is 1. The molecule has 0 atom stereocenters. The zero-order valence-corrected chi connectivity index (χ0v) is 11.9. The number of rotatable bonds is 2. The number of fused-ring (bicyclic) bond motifs is 1. The fraction of sp³-hybridized carbons (Fsp3) is 0.125. The maximum absolute atomic E-state index is 9.18. The molecule has 0 aliphatic rings. The van der Waals surface area contributed by atoms with Crippen LogP contribution in [-0.2, 0) is 6.42 Å². The summed E-state index contributed by atoms with van der Waals surface area (Å²) in [7, 11) is 0. The van der Waals surface area contributed by atoms with E-state index in [0.717, 1.165) is 23.1 Å². The number of aromatic amines is 1. The number of nitrogens with one attached hydrogen (secondary N) is 1. The Morgan fingerprint density at radius 2 is 2.05 bits per heavy atom. The van der Waals surface area contributed by atoms with E-state index in [1.54, 1.807) is 6.07 Å². The molecule has 1 N–H and O–H groups in total. The lowest BCUT2D eigenvalue weighted by Gasteiger charge is -2.06. The zero-order valence-electron chi connectivity index (χ0n) is 11.1. The first kappa shape index (κ1) is 12.6. The van der Waals surface area contributed by atoms with Crippen LogP contribution in [0.2, 0.25) is 0 Å². The first-order valence-corrected chi connectivity index (χ1v) is 6.88. The van der Waals surface area contributed by atoms with Gasteiger partial charge in [0.25, 0.3) is 0 Å². The summed E-state index contributed by atoms with van der Waals surface area (Å²) < 4.78 is 2.58. The van der Waals surface area contributed by atoms with E-state index in [0.29, 0.717) is 10.3 Å². The quantitative estimate of drug-likeness (QED) is 0.717. The fourth-order valence-corrected chi connectivity index (χ4v) is 2.70. The Morgan fingerprint density at radius 3 is 2.80 bits per heavy atom. The third-order valence-electron chi connectivity index (χ3n) is 3.42. The Balaban J connectivity index is 2.34. The van der Waals surface area contributed by atoms with E-state index in [1.807, 2.05) is 28.8 Å². The molecule has 1 aromatic heterocycles. The van der Waals surface area contributed by atoms with Crippen LogP contribution in [0.5, 0.6) is 0 Å². The standard InChI is InChI=1S/C16H13N3S/c1-2-11-5-3-7-13(9-11)19-14-8-4-6-12(10-17)15(14)18-16(19)20/h3-9H,2H2,1H3,(H,18,20). The van der Waals surface area contributed by atoms with E-state index in [1.165, 1.54) is 5.56 Å². The molecule has 0 radical (unpaired) electrons. The SMILES string of the molecule is CCc1cccc(-n2c(=S)[nH]c3c(C#N)cccc32)c1. The van der Waals surface area contributed by atoms with Crippen molar-refractivity contribution in [2.75, 3.05) is 0 Å². The van der Waals surface area contributed by atoms with E-state index in [4.69, 9.17) is 12.2 Å². The van der Waals surface area contributed by atoms with E-state index < -0.39 is 0 Å². The van der Waals surface area contributed by atoms with Crippen molar-refractivity contribution in [3.63, 3.8) is 0 Å². The van der Waals surface area contributed by atoms with Gasteiger partial charge in [0.1, 0.15) is 6.07 Å². The molecule has 0 saturated heterocycles. The lowest BCUT2D eigenvalue weighted by atomic mass is 10.1. The lowest BCUT2D eigenvalue weighted by molar-refractivity contribution is 1.05. The largest absolute Gasteiger partial charge is 0.329 e. The van der Waals surface area contributed by atoms with Gasteiger partial charge < -0.3 is 4.98 Å². The highest BCUT2D eigenvalue weighted by Crippen LogP contribution is 2.22. The van der Waals surface area contributed by atoms with Gasteiger partial charge in [0, 0.05) is 5.69 Å². The fourth-order valence-electron chi connectivity index (χ4n) is 2.40. The van der Waals surface area contributed by atoms with Crippen LogP contribution in [0.1, 0.15) is 18.1 Å². The van der Waals surface area contributed by atoms with Gasteiger partial charge >= 0.3 is 0 Å². The van der Waals surface area contributed by atoms with E-state index in [-0.39, 0.29) is 0 Å². The van der Waals surface area contributed by atoms with E-state index in [2.05, 4.69) is 30.1 Å². The van der Waals surface area contributed by atoms with Crippen molar-refractivity contribution >= 4 is 23.3 Å². The number of aryl methyl sites for hydroxylation is 1. The van der Waals surface area contributed by atoms with Crippen molar-refractivity contribution in [3.8, 4) is 11.8 Å². The van der Waals surface area contributed by atoms with Crippen molar-refractivity contribution in [1.29, 1.82) is 5.26 Å². The van der Waals surface area contributed by atoms with Crippen molar-refractivity contribution in [3.05, 3.63) is 58.4 Å². The van der Waals surface area contributed by atoms with Crippen LogP contribution < -0.4 is 0 Å². The summed E-state index contributed by atoms with van der Waals surface area (Å²) in [5, 5.41) is 9.18. The number of imidazole rings is 1. The molecule has 0 fully saturated rings. The molecule has 20 heavy (non-hydrogen) atoms. The number of aromatic nitrogens is 2. The summed E-state index contributed by atoms with van der Waals surface area (Å²) in [6, 6.07) is 16.1. The summed E-state index contributed by atoms with van der Waals surface area (Å²) in [6.45, 7) is 2.13. The molecule has 1 heterocycles. The van der Waals surface area contributed by atoms with Crippen LogP contribution >= 0.6 is 12.2 Å². The molecule has 0 saturated carbocycles. The molecular weight excluding hydrogens is 266 g/mol. The highest BCUT2D eigenvalue weighted by molar-refractivity contribution is 7.71. The number of hydrogen-bond acceptors (Lipinski definition) is 2. The Labute approximate surface area is 122 Å². The number of H-pyrrole nitrogens is 1. The number of nitrogens with zero attached hydrogens (tertiary/aromatic N) is 2. The van der Waals surface area contributed by atoms with Gasteiger partial charge in [-0.25, -0.2) is 0 Å². The van der Waals surface area contributed by atoms with E-state index in [9.17, 15) is 5.26 Å². The zero-order chi connectivity index (χ0) is 14.1. The molecule has 4 heteroatoms. The van der Waals surface area contributed by atoms with Crippen molar-refractivity contribution in [2.24, 2.45) is 0 Å². The summed E-state index contributed by atoms with van der Waals surface area (Å²) in [4.78, 5) is 3.14. The predicted octanol–water partition coefficient (Wildman–Crippen LogP) is 4.12. The molecule has 0 aliphatic carbocycles. The van der Waals surface area contributed by atoms with Gasteiger partial charge in [-0.3, -0.25) is 4.57 Å². The monoisotopic (exact) mass is 279 g/mol. The Bertz CT molecular complexity index is 881. The molecule has 3 aromatic rings. The molecule has 0 spiro atoms. The van der Waals surface area contributed by atoms with Crippen LogP contribution in [0.3, 0.4) is 0 Å². The van der Waals surface area contributed by atoms with Gasteiger partial charge in [0.2, 0.25) is 0 Å². The van der Waals surface area contributed by atoms with Gasteiger partial charge in [-0.1, -0.05) is 25.1 Å². The predicted molar refractivity (Wildman–Crippen MR) is 82.6 cm³/mol. The van der Waals surface area contributed by atoms with Gasteiger partial charge in [-0.15, -0.1) is 0 Å². The highest BCUT2D eigenvalue weighted by Gasteiger charge is 2.09. The third-order valence-corrected chi connectivity index (χ3v) is 3.70. The second-order valence-electron chi connectivity index (χ2n) is 4.60. The average Bonchev–Trinajstić information content (AvgIpc) is 2.83. The molecule has 0 amide bonds. The summed E-state index contributed by atoms with van der Waals surface area (Å²) in [6.07, 6.45) is 0.979. The first-order chi connectivity index (χ1) is 9.74. The van der Waals surface area contributed by atoms with Crippen molar-refractivity contribution in [2.45, 2.75) is 13.3 Å². The van der Waals surface area contributed by atoms with Crippen LogP contribution in [-0.4, -0.2) is 9.55 Å². The number of nitriles is 1. The topological polar surface area (TPSA) is 44.5 Å². The minimum atomic E-state index is 0.607. The lowest BCUT2D eigenvalue weighted by Crippen LogP contribution is -1.95. The second kappa shape index (κ2) is 4.95. The number of para-hydroxylation sites is 1. The molecular formula is C16H13N3S. The van der Waals surface area contributed by atoms with Crippen molar-refractivity contribution in [1.82, 2.24) is 9.55 Å². The normalized spacial score (nSPS) is 10.6. The Hall–Kier alpha value is -2.38. The molecule has 98 valence electrons. The van der Waals surface area contributed by atoms with Crippen molar-refractivity contribution < 1.29 is 0 Å². The van der Waals surface area contributed by atoms with Gasteiger partial charge in [-0.2, -0.15) is 5.26 Å². The maximum Gasteiger partial charge on any atom is 0.182 e. The van der Waals surface area contributed by atoms with Crippen LogP contribution in [0.15, 0.2) is 42.5 Å². The Morgan fingerprint density at radius 1 is 1.25 bits per heavy atom. The smallest absolute Gasteiger partial charge is 0.182 e. The summed E-state index contributed by atoms with van der Waals surface area (Å²) in [5.41, 5.74) is 4.62. The van der Waals surface area contributed by atoms with E-state index >= 15 is 0 Å².